The van der Waals surface area contributed by atoms with Crippen molar-refractivity contribution < 1.29 is 9.50 Å². The Morgan fingerprint density at radius 3 is 2.74 bits per heavy atom. The predicted molar refractivity (Wildman–Crippen MR) is 73.9 cm³/mol. The highest BCUT2D eigenvalue weighted by atomic mass is 79.9. The summed E-state index contributed by atoms with van der Waals surface area (Å²) < 4.78 is 15.8. The number of rotatable bonds is 4. The Morgan fingerprint density at radius 1 is 1.37 bits per heavy atom. The smallest absolute Gasteiger partial charge is 0.165 e. The number of benzene rings is 1. The molecule has 0 aliphatic heterocycles. The van der Waals surface area contributed by atoms with Crippen LogP contribution in [0.3, 0.4) is 0 Å². The maximum Gasteiger partial charge on any atom is 0.165 e. The highest BCUT2D eigenvalue weighted by molar-refractivity contribution is 9.10. The maximum absolute atomic E-state index is 13.6. The van der Waals surface area contributed by atoms with E-state index in [4.69, 9.17) is 0 Å². The lowest BCUT2D eigenvalue weighted by molar-refractivity contribution is 0.262. The SMILES string of the molecule is CC(C)Cn1c(CO)nnc1-c1cccc(F)c1Br. The third-order valence-corrected chi connectivity index (χ3v) is 3.51. The van der Waals surface area contributed by atoms with Gasteiger partial charge in [0.1, 0.15) is 12.4 Å². The van der Waals surface area contributed by atoms with E-state index in [0.29, 0.717) is 34.1 Å². The van der Waals surface area contributed by atoms with Gasteiger partial charge in [0, 0.05) is 12.1 Å². The first-order chi connectivity index (χ1) is 9.04. The van der Waals surface area contributed by atoms with Gasteiger partial charge >= 0.3 is 0 Å². The van der Waals surface area contributed by atoms with Gasteiger partial charge in [0.05, 0.1) is 4.47 Å². The zero-order valence-corrected chi connectivity index (χ0v) is 12.4. The van der Waals surface area contributed by atoms with Crippen molar-refractivity contribution in [3.05, 3.63) is 34.3 Å². The van der Waals surface area contributed by atoms with Crippen LogP contribution in [0, 0.1) is 11.7 Å². The Bertz CT molecular complexity index is 583. The van der Waals surface area contributed by atoms with Gasteiger partial charge in [0.15, 0.2) is 11.6 Å². The molecule has 0 unspecified atom stereocenters. The fourth-order valence-corrected chi connectivity index (χ4v) is 2.33. The number of aromatic nitrogens is 3. The summed E-state index contributed by atoms with van der Waals surface area (Å²) in [4.78, 5) is 0. The monoisotopic (exact) mass is 327 g/mol. The molecule has 1 aromatic carbocycles. The summed E-state index contributed by atoms with van der Waals surface area (Å²) in [5.41, 5.74) is 0.632. The van der Waals surface area contributed by atoms with Gasteiger partial charge in [0.2, 0.25) is 0 Å². The molecule has 0 fully saturated rings. The van der Waals surface area contributed by atoms with Crippen molar-refractivity contribution >= 4 is 15.9 Å². The largest absolute Gasteiger partial charge is 0.388 e. The zero-order chi connectivity index (χ0) is 14.0. The van der Waals surface area contributed by atoms with Gasteiger partial charge in [-0.25, -0.2) is 4.39 Å². The van der Waals surface area contributed by atoms with E-state index in [1.165, 1.54) is 6.07 Å². The van der Waals surface area contributed by atoms with Crippen LogP contribution < -0.4 is 0 Å². The lowest BCUT2D eigenvalue weighted by Gasteiger charge is -2.12. The number of halogens is 2. The van der Waals surface area contributed by atoms with Crippen LogP contribution in [0.5, 0.6) is 0 Å². The van der Waals surface area contributed by atoms with Crippen LogP contribution in [0.4, 0.5) is 4.39 Å². The maximum atomic E-state index is 13.6. The lowest BCUT2D eigenvalue weighted by Crippen LogP contribution is -2.10. The molecule has 2 rings (SSSR count). The van der Waals surface area contributed by atoms with Gasteiger partial charge in [-0.2, -0.15) is 0 Å². The molecule has 0 amide bonds. The first kappa shape index (κ1) is 14.1. The number of hydrogen-bond donors (Lipinski definition) is 1. The zero-order valence-electron chi connectivity index (χ0n) is 10.8. The van der Waals surface area contributed by atoms with E-state index >= 15 is 0 Å². The first-order valence-corrected chi connectivity index (χ1v) is 6.81. The van der Waals surface area contributed by atoms with E-state index < -0.39 is 0 Å². The van der Waals surface area contributed by atoms with Crippen molar-refractivity contribution in [1.82, 2.24) is 14.8 Å². The molecule has 4 nitrogen and oxygen atoms in total. The van der Waals surface area contributed by atoms with Crippen molar-refractivity contribution in [2.24, 2.45) is 5.92 Å². The number of aliphatic hydroxyl groups is 1. The van der Waals surface area contributed by atoms with Gasteiger partial charge in [0.25, 0.3) is 0 Å². The van der Waals surface area contributed by atoms with Crippen molar-refractivity contribution in [3.63, 3.8) is 0 Å². The minimum atomic E-state index is -0.345. The molecule has 0 aliphatic rings. The predicted octanol–water partition coefficient (Wildman–Crippen LogP) is 3.00. The quantitative estimate of drug-likeness (QED) is 0.939. The number of nitrogens with zero attached hydrogens (tertiary/aromatic N) is 3. The molecule has 1 aromatic heterocycles. The summed E-state index contributed by atoms with van der Waals surface area (Å²) in [6, 6.07) is 4.78. The Labute approximate surface area is 119 Å². The van der Waals surface area contributed by atoms with Crippen LogP contribution in [-0.2, 0) is 13.2 Å². The topological polar surface area (TPSA) is 50.9 Å². The second kappa shape index (κ2) is 5.79. The Hall–Kier alpha value is -1.27. The molecule has 0 bridgehead atoms. The van der Waals surface area contributed by atoms with E-state index in [-0.39, 0.29) is 12.4 Å². The molecule has 0 atom stereocenters. The van der Waals surface area contributed by atoms with E-state index in [2.05, 4.69) is 40.0 Å². The first-order valence-electron chi connectivity index (χ1n) is 6.02. The molecule has 0 aliphatic carbocycles. The van der Waals surface area contributed by atoms with Crippen LogP contribution in [0.2, 0.25) is 0 Å². The summed E-state index contributed by atoms with van der Waals surface area (Å²) in [5.74, 6) is 1.07. The van der Waals surface area contributed by atoms with Gasteiger partial charge in [-0.1, -0.05) is 19.9 Å². The van der Waals surface area contributed by atoms with Crippen LogP contribution in [0.25, 0.3) is 11.4 Å². The molecule has 0 radical (unpaired) electrons. The molecule has 1 heterocycles. The lowest BCUT2D eigenvalue weighted by atomic mass is 10.2. The molecule has 6 heteroatoms. The summed E-state index contributed by atoms with van der Waals surface area (Å²) in [5, 5.41) is 17.3. The number of aliphatic hydroxyl groups excluding tert-OH is 1. The van der Waals surface area contributed by atoms with Crippen LogP contribution in [-0.4, -0.2) is 19.9 Å². The van der Waals surface area contributed by atoms with Crippen molar-refractivity contribution in [2.45, 2.75) is 27.0 Å². The fourth-order valence-electron chi connectivity index (χ4n) is 1.89. The molecule has 102 valence electrons. The number of hydrogen-bond acceptors (Lipinski definition) is 3. The highest BCUT2D eigenvalue weighted by Crippen LogP contribution is 2.29. The van der Waals surface area contributed by atoms with E-state index in [0.717, 1.165) is 0 Å². The van der Waals surface area contributed by atoms with Crippen molar-refractivity contribution in [1.29, 1.82) is 0 Å². The second-order valence-electron chi connectivity index (χ2n) is 4.70. The Balaban J connectivity index is 2.55. The van der Waals surface area contributed by atoms with Gasteiger partial charge in [-0.15, -0.1) is 10.2 Å². The Kier molecular flexibility index (Phi) is 4.31. The van der Waals surface area contributed by atoms with Crippen LogP contribution in [0.1, 0.15) is 19.7 Å². The summed E-state index contributed by atoms with van der Waals surface area (Å²) in [6.07, 6.45) is 0. The Morgan fingerprint density at radius 2 is 2.11 bits per heavy atom. The van der Waals surface area contributed by atoms with Gasteiger partial charge < -0.3 is 9.67 Å². The minimum absolute atomic E-state index is 0.188. The molecule has 1 N–H and O–H groups in total. The van der Waals surface area contributed by atoms with Gasteiger partial charge in [-0.3, -0.25) is 0 Å². The minimum Gasteiger partial charge on any atom is -0.388 e. The second-order valence-corrected chi connectivity index (χ2v) is 5.50. The molecule has 0 saturated heterocycles. The summed E-state index contributed by atoms with van der Waals surface area (Å²) in [7, 11) is 0. The summed E-state index contributed by atoms with van der Waals surface area (Å²) >= 11 is 3.23. The van der Waals surface area contributed by atoms with Crippen molar-refractivity contribution in [2.75, 3.05) is 0 Å². The van der Waals surface area contributed by atoms with Crippen molar-refractivity contribution in [3.8, 4) is 11.4 Å². The van der Waals surface area contributed by atoms with Crippen LogP contribution >= 0.6 is 15.9 Å². The fraction of sp³-hybridized carbons (Fsp3) is 0.385. The van der Waals surface area contributed by atoms with Gasteiger partial charge in [-0.05, 0) is 34.0 Å². The standard InChI is InChI=1S/C13H15BrFN3O/c1-8(2)6-18-11(7-19)16-17-13(18)9-4-3-5-10(15)12(9)14/h3-5,8,19H,6-7H2,1-2H3. The third-order valence-electron chi connectivity index (χ3n) is 2.71. The molecular formula is C13H15BrFN3O. The average Bonchev–Trinajstić information content (AvgIpc) is 2.75. The molecular weight excluding hydrogens is 313 g/mol. The molecule has 0 spiro atoms. The molecule has 2 aromatic rings. The molecule has 0 saturated carbocycles. The molecule has 19 heavy (non-hydrogen) atoms. The normalized spacial score (nSPS) is 11.3. The van der Waals surface area contributed by atoms with E-state index in [1.54, 1.807) is 12.1 Å². The average molecular weight is 328 g/mol. The third kappa shape index (κ3) is 2.84. The highest BCUT2D eigenvalue weighted by Gasteiger charge is 2.17. The summed E-state index contributed by atoms with van der Waals surface area (Å²) in [6.45, 7) is 4.60. The van der Waals surface area contributed by atoms with E-state index in [1.807, 2.05) is 4.57 Å². The van der Waals surface area contributed by atoms with E-state index in [9.17, 15) is 9.50 Å². The van der Waals surface area contributed by atoms with Crippen LogP contribution in [0.15, 0.2) is 22.7 Å².